The molecule has 0 bridgehead atoms. The van der Waals surface area contributed by atoms with E-state index >= 15 is 0 Å². The second kappa shape index (κ2) is 11.7. The Morgan fingerprint density at radius 2 is 1.93 bits per heavy atom. The highest BCUT2D eigenvalue weighted by molar-refractivity contribution is 7.19. The molecule has 1 aromatic carbocycles. The van der Waals surface area contributed by atoms with Crippen LogP contribution in [-0.2, 0) is 13.1 Å². The van der Waals surface area contributed by atoms with Gasteiger partial charge in [0, 0.05) is 64.4 Å². The molecule has 0 unspecified atom stereocenters. The molecule has 0 spiro atoms. The van der Waals surface area contributed by atoms with Crippen molar-refractivity contribution in [2.24, 2.45) is 0 Å². The van der Waals surface area contributed by atoms with Crippen molar-refractivity contribution in [1.29, 1.82) is 0 Å². The molecule has 228 valence electrons. The van der Waals surface area contributed by atoms with Crippen molar-refractivity contribution in [3.63, 3.8) is 0 Å². The lowest BCUT2D eigenvalue weighted by Crippen LogP contribution is -2.51. The number of likely N-dealkylation sites (tertiary alicyclic amines) is 1. The van der Waals surface area contributed by atoms with Crippen molar-refractivity contribution in [2.45, 2.75) is 70.1 Å². The maximum atomic E-state index is 13.4. The minimum absolute atomic E-state index is 0.00355. The van der Waals surface area contributed by atoms with Gasteiger partial charge in [-0.2, -0.15) is 13.2 Å². The number of thiophene rings is 1. The molecule has 1 atom stereocenters. The third-order valence-corrected chi connectivity index (χ3v) is 9.58. The Balaban J connectivity index is 1.30. The zero-order valence-corrected chi connectivity index (χ0v) is 24.8. The first-order valence-corrected chi connectivity index (χ1v) is 15.2. The van der Waals surface area contributed by atoms with E-state index in [2.05, 4.69) is 9.88 Å². The van der Waals surface area contributed by atoms with E-state index in [1.807, 2.05) is 25.1 Å². The lowest BCUT2D eigenvalue weighted by Gasteiger charge is -2.43. The quantitative estimate of drug-likeness (QED) is 0.215. The highest BCUT2D eigenvalue weighted by atomic mass is 35.5. The standard InChI is InChI=1S/C30H29ClF4N4O3S/c1-17-9-18(31)10-24(27(17)42-21-11-20(12-21)38-7-2-3-19(38)14-32)23-4-6-36-25-13-22(43-28(23)25)15-39-26(40)5-8-37(29(39)41)16-30(33,34)35/h4-6,8-10,13,19-21H,2-3,7,11-12,14-16H2,1H3/t19-,20?,21?/m0/s1. The lowest BCUT2D eigenvalue weighted by molar-refractivity contribution is -0.141. The fraction of sp³-hybridized carbons (Fsp3) is 0.433. The van der Waals surface area contributed by atoms with Crippen LogP contribution in [0.4, 0.5) is 17.6 Å². The molecule has 0 N–H and O–H groups in total. The molecule has 1 aliphatic heterocycles. The summed E-state index contributed by atoms with van der Waals surface area (Å²) in [4.78, 5) is 32.5. The van der Waals surface area contributed by atoms with Gasteiger partial charge in [0.1, 0.15) is 25.1 Å². The predicted molar refractivity (Wildman–Crippen MR) is 158 cm³/mol. The molecule has 3 aromatic heterocycles. The van der Waals surface area contributed by atoms with Gasteiger partial charge in [-0.05, 0) is 56.1 Å². The number of benzene rings is 1. The molecule has 4 aromatic rings. The van der Waals surface area contributed by atoms with Gasteiger partial charge in [-0.25, -0.2) is 9.18 Å². The number of fused-ring (bicyclic) bond motifs is 1. The number of halogens is 5. The largest absolute Gasteiger partial charge is 0.489 e. The summed E-state index contributed by atoms with van der Waals surface area (Å²) >= 11 is 7.79. The summed E-state index contributed by atoms with van der Waals surface area (Å²) in [6, 6.07) is 8.48. The van der Waals surface area contributed by atoms with Crippen LogP contribution >= 0.6 is 22.9 Å². The number of aryl methyl sites for hydroxylation is 1. The smallest absolute Gasteiger partial charge is 0.406 e. The number of alkyl halides is 4. The Labute approximate surface area is 253 Å². The van der Waals surface area contributed by atoms with Gasteiger partial charge < -0.3 is 4.74 Å². The van der Waals surface area contributed by atoms with E-state index < -0.39 is 24.0 Å². The number of hydrogen-bond acceptors (Lipinski definition) is 6. The zero-order valence-electron chi connectivity index (χ0n) is 23.2. The molecule has 0 radical (unpaired) electrons. The third kappa shape index (κ3) is 6.09. The maximum Gasteiger partial charge on any atom is 0.406 e. The Bertz CT molecular complexity index is 1780. The summed E-state index contributed by atoms with van der Waals surface area (Å²) in [5, 5.41) is 0.525. The second-order valence-electron chi connectivity index (χ2n) is 11.2. The van der Waals surface area contributed by atoms with Crippen LogP contribution in [0.1, 0.15) is 36.1 Å². The van der Waals surface area contributed by atoms with Crippen LogP contribution in [0.2, 0.25) is 5.02 Å². The van der Waals surface area contributed by atoms with E-state index in [1.54, 1.807) is 12.3 Å². The van der Waals surface area contributed by atoms with E-state index in [4.69, 9.17) is 16.3 Å². The number of aromatic nitrogens is 3. The van der Waals surface area contributed by atoms with Crippen molar-refractivity contribution in [2.75, 3.05) is 13.2 Å². The fourth-order valence-corrected chi connectivity index (χ4v) is 7.51. The molecule has 2 aliphatic rings. The number of hydrogen-bond donors (Lipinski definition) is 0. The molecule has 43 heavy (non-hydrogen) atoms. The van der Waals surface area contributed by atoms with Gasteiger partial charge >= 0.3 is 11.9 Å². The van der Waals surface area contributed by atoms with Gasteiger partial charge in [0.2, 0.25) is 0 Å². The van der Waals surface area contributed by atoms with E-state index in [0.717, 1.165) is 70.4 Å². The normalized spacial score (nSPS) is 20.9. The van der Waals surface area contributed by atoms with Crippen LogP contribution in [0.5, 0.6) is 5.75 Å². The summed E-state index contributed by atoms with van der Waals surface area (Å²) in [6.07, 6.45) is 1.39. The van der Waals surface area contributed by atoms with Crippen LogP contribution < -0.4 is 16.0 Å². The molecule has 7 nitrogen and oxygen atoms in total. The summed E-state index contributed by atoms with van der Waals surface area (Å²) in [5.74, 6) is 0.688. The average Bonchev–Trinajstić information content (AvgIpc) is 3.56. The van der Waals surface area contributed by atoms with Gasteiger partial charge in [-0.15, -0.1) is 11.3 Å². The molecule has 6 rings (SSSR count). The summed E-state index contributed by atoms with van der Waals surface area (Å²) in [6.45, 7) is 0.822. The Morgan fingerprint density at radius 1 is 1.14 bits per heavy atom. The number of pyridine rings is 1. The monoisotopic (exact) mass is 636 g/mol. The molecule has 1 saturated heterocycles. The molecule has 1 saturated carbocycles. The first-order chi connectivity index (χ1) is 20.5. The molecule has 4 heterocycles. The topological polar surface area (TPSA) is 69.4 Å². The van der Waals surface area contributed by atoms with Crippen LogP contribution in [0, 0.1) is 6.92 Å². The van der Waals surface area contributed by atoms with Gasteiger partial charge in [-0.3, -0.25) is 23.8 Å². The Hall–Kier alpha value is -3.22. The van der Waals surface area contributed by atoms with Crippen LogP contribution in [0.3, 0.4) is 0 Å². The van der Waals surface area contributed by atoms with Gasteiger partial charge in [0.25, 0.3) is 5.56 Å². The van der Waals surface area contributed by atoms with Crippen molar-refractivity contribution < 1.29 is 22.3 Å². The van der Waals surface area contributed by atoms with E-state index in [0.29, 0.717) is 31.8 Å². The van der Waals surface area contributed by atoms with E-state index in [-0.39, 0.29) is 25.4 Å². The van der Waals surface area contributed by atoms with Crippen molar-refractivity contribution in [3.05, 3.63) is 79.0 Å². The Morgan fingerprint density at radius 3 is 2.67 bits per heavy atom. The van der Waals surface area contributed by atoms with Crippen LogP contribution in [0.15, 0.2) is 52.3 Å². The van der Waals surface area contributed by atoms with Gasteiger partial charge in [-0.1, -0.05) is 11.6 Å². The van der Waals surface area contributed by atoms with Crippen LogP contribution in [0.25, 0.3) is 21.3 Å². The Kier molecular flexibility index (Phi) is 8.12. The average molecular weight is 637 g/mol. The van der Waals surface area contributed by atoms with Gasteiger partial charge in [0.05, 0.1) is 16.8 Å². The molecule has 13 heteroatoms. The number of ether oxygens (including phenoxy) is 1. The number of rotatable bonds is 8. The van der Waals surface area contributed by atoms with Crippen molar-refractivity contribution >= 4 is 33.2 Å². The fourth-order valence-electron chi connectivity index (χ4n) is 6.11. The van der Waals surface area contributed by atoms with Crippen LogP contribution in [-0.4, -0.2) is 56.6 Å². The molecule has 0 amide bonds. The molecular formula is C30H29ClF4N4O3S. The number of nitrogens with zero attached hydrogens (tertiary/aromatic N) is 4. The molecule has 1 aliphatic carbocycles. The SMILES string of the molecule is Cc1cc(Cl)cc(-c2ccnc3cc(Cn4c(=O)ccn(CC(F)(F)F)c4=O)sc23)c1OC1CC(N2CCC[C@H]2CF)C1. The summed E-state index contributed by atoms with van der Waals surface area (Å²) < 4.78 is 60.9. The molecule has 2 fully saturated rings. The first-order valence-electron chi connectivity index (χ1n) is 14.0. The minimum atomic E-state index is -4.61. The third-order valence-electron chi connectivity index (χ3n) is 8.22. The molecular weight excluding hydrogens is 608 g/mol. The summed E-state index contributed by atoms with van der Waals surface area (Å²) in [5.41, 5.74) is 1.29. The van der Waals surface area contributed by atoms with Crippen molar-refractivity contribution in [1.82, 2.24) is 19.0 Å². The summed E-state index contributed by atoms with van der Waals surface area (Å²) in [7, 11) is 0. The first kappa shape index (κ1) is 29.8. The minimum Gasteiger partial charge on any atom is -0.489 e. The predicted octanol–water partition coefficient (Wildman–Crippen LogP) is 6.20. The highest BCUT2D eigenvalue weighted by Crippen LogP contribution is 2.43. The second-order valence-corrected chi connectivity index (χ2v) is 12.8. The lowest BCUT2D eigenvalue weighted by atomic mass is 9.87. The highest BCUT2D eigenvalue weighted by Gasteiger charge is 2.40. The van der Waals surface area contributed by atoms with Crippen molar-refractivity contribution in [3.8, 4) is 16.9 Å². The van der Waals surface area contributed by atoms with E-state index in [1.165, 1.54) is 11.3 Å². The van der Waals surface area contributed by atoms with E-state index in [9.17, 15) is 27.2 Å². The maximum absolute atomic E-state index is 13.4. The van der Waals surface area contributed by atoms with Gasteiger partial charge in [0.15, 0.2) is 0 Å². The zero-order chi connectivity index (χ0) is 30.5.